The number of hydrogen-bond acceptors (Lipinski definition) is 10. The van der Waals surface area contributed by atoms with E-state index in [-0.39, 0.29) is 34.1 Å². The smallest absolute Gasteiger partial charge is 0.338 e. The summed E-state index contributed by atoms with van der Waals surface area (Å²) in [6.07, 6.45) is -3.29. The molecule has 0 radical (unpaired) electrons. The second kappa shape index (κ2) is 10.1. The number of benzene rings is 2. The Hall–Kier alpha value is -4.36. The Morgan fingerprint density at radius 3 is 2.31 bits per heavy atom. The van der Waals surface area contributed by atoms with Gasteiger partial charge in [-0.15, -0.1) is 0 Å². The zero-order valence-electron chi connectivity index (χ0n) is 20.3. The molecule has 0 saturated carbocycles. The molecule has 3 N–H and O–H groups in total. The number of nitrogens with one attached hydrogen (secondary N) is 1. The van der Waals surface area contributed by atoms with Crippen LogP contribution < -0.4 is 11.1 Å². The summed E-state index contributed by atoms with van der Waals surface area (Å²) in [4.78, 5) is 37.5. The van der Waals surface area contributed by atoms with Crippen molar-refractivity contribution in [1.29, 1.82) is 0 Å². The van der Waals surface area contributed by atoms with E-state index in [0.29, 0.717) is 0 Å². The lowest BCUT2D eigenvalue weighted by atomic mass is 10.1. The quantitative estimate of drug-likeness (QED) is 0.255. The molecule has 0 amide bonds. The molecule has 2 aromatic carbocycles. The minimum Gasteiger partial charge on any atom is -0.456 e. The summed E-state index contributed by atoms with van der Waals surface area (Å²) >= 11 is 6.26. The molecule has 0 unspecified atom stereocenters. The van der Waals surface area contributed by atoms with Crippen molar-refractivity contribution in [2.24, 2.45) is 0 Å². The number of nitrogens with two attached hydrogens (primary N) is 1. The lowest BCUT2D eigenvalue weighted by Crippen LogP contribution is -2.49. The van der Waals surface area contributed by atoms with Crippen LogP contribution in [0.1, 0.15) is 26.9 Å². The van der Waals surface area contributed by atoms with E-state index in [2.05, 4.69) is 20.3 Å². The fourth-order valence-electron chi connectivity index (χ4n) is 4.11. The Morgan fingerprint density at radius 2 is 1.69 bits per heavy atom. The Balaban J connectivity index is 1.52. The van der Waals surface area contributed by atoms with Crippen LogP contribution in [0.5, 0.6) is 0 Å². The van der Waals surface area contributed by atoms with Gasteiger partial charge in [-0.05, 0) is 24.3 Å². The largest absolute Gasteiger partial charge is 0.456 e. The van der Waals surface area contributed by atoms with Gasteiger partial charge in [0.05, 0.1) is 17.5 Å². The number of hydrogen-bond donors (Lipinski definition) is 2. The Kier molecular flexibility index (Phi) is 6.78. The monoisotopic (exact) mass is 558 g/mol. The predicted octanol–water partition coefficient (Wildman–Crippen LogP) is 3.63. The summed E-state index contributed by atoms with van der Waals surface area (Å²) < 4.78 is 49.6. The molecule has 4 atom stereocenters. The zero-order chi connectivity index (χ0) is 27.8. The maximum Gasteiger partial charge on any atom is 0.338 e. The van der Waals surface area contributed by atoms with Crippen molar-refractivity contribution in [2.45, 2.75) is 23.3 Å². The second-order valence-corrected chi connectivity index (χ2v) is 9.11. The molecule has 2 aromatic heterocycles. The van der Waals surface area contributed by atoms with Crippen LogP contribution in [0, 0.1) is 0 Å². The van der Waals surface area contributed by atoms with Gasteiger partial charge in [0.15, 0.2) is 29.8 Å². The summed E-state index contributed by atoms with van der Waals surface area (Å²) in [6.45, 7) is -1.16. The number of carbonyl (C=O) groups excluding carboxylic acids is 2. The summed E-state index contributed by atoms with van der Waals surface area (Å²) in [6, 6.07) is 15.2. The topological polar surface area (TPSA) is 143 Å². The number of nitrogens with zero attached hydrogens (tertiary/aromatic N) is 4. The van der Waals surface area contributed by atoms with Crippen LogP contribution in [0.3, 0.4) is 0 Å². The number of aromatic nitrogens is 4. The Morgan fingerprint density at radius 1 is 1.08 bits per heavy atom. The number of anilines is 2. The normalized spacial score (nSPS) is 24.4. The number of halogens is 3. The van der Waals surface area contributed by atoms with Crippen molar-refractivity contribution >= 4 is 46.5 Å². The summed E-state index contributed by atoms with van der Waals surface area (Å²) in [7, 11) is 1.56. The fourth-order valence-corrected chi connectivity index (χ4v) is 4.47. The molecule has 14 heteroatoms. The summed E-state index contributed by atoms with van der Waals surface area (Å²) in [5.74, 6) is -5.20. The predicted molar refractivity (Wildman–Crippen MR) is 135 cm³/mol. The van der Waals surface area contributed by atoms with Gasteiger partial charge in [-0.25, -0.2) is 23.4 Å². The highest BCUT2D eigenvalue weighted by atomic mass is 35.5. The SMILES string of the molecule is CNc1nc(N)nc2c1ncn2[C@@H]1O[C@](F)(COC(=O)c2ccccc2)[C@@H](OC(=O)c2ccccc2)[C@]1(F)Cl. The van der Waals surface area contributed by atoms with Crippen LogP contribution in [-0.2, 0) is 14.2 Å². The third kappa shape index (κ3) is 4.81. The molecule has 0 aliphatic carbocycles. The average molecular weight is 559 g/mol. The molecule has 4 aromatic rings. The highest BCUT2D eigenvalue weighted by molar-refractivity contribution is 6.24. The van der Waals surface area contributed by atoms with Crippen LogP contribution >= 0.6 is 11.6 Å². The van der Waals surface area contributed by atoms with Crippen molar-refractivity contribution in [1.82, 2.24) is 19.5 Å². The molecule has 5 rings (SSSR count). The van der Waals surface area contributed by atoms with Crippen LogP contribution in [0.15, 0.2) is 67.0 Å². The lowest BCUT2D eigenvalue weighted by Gasteiger charge is -2.27. The van der Waals surface area contributed by atoms with E-state index in [1.54, 1.807) is 43.4 Å². The summed E-state index contributed by atoms with van der Waals surface area (Å²) in [5.41, 5.74) is 6.00. The molecule has 0 spiro atoms. The van der Waals surface area contributed by atoms with E-state index >= 15 is 8.78 Å². The number of rotatable bonds is 7. The van der Waals surface area contributed by atoms with Crippen molar-refractivity contribution in [3.05, 3.63) is 78.1 Å². The maximum atomic E-state index is 16.5. The molecule has 11 nitrogen and oxygen atoms in total. The van der Waals surface area contributed by atoms with Gasteiger partial charge in [0.25, 0.3) is 11.0 Å². The minimum absolute atomic E-state index is 0.00399. The van der Waals surface area contributed by atoms with E-state index in [1.165, 1.54) is 24.3 Å². The van der Waals surface area contributed by atoms with Crippen molar-refractivity contribution in [3.8, 4) is 0 Å². The number of fused-ring (bicyclic) bond motifs is 1. The van der Waals surface area contributed by atoms with Gasteiger partial charge in [-0.1, -0.05) is 48.0 Å². The standard InChI is InChI=1S/C25H21ClF2N6O5/c1-30-17-16-18(33-23(29)32-17)34(13-31-16)22-25(26,28)21(38-20(36)15-10-6-3-7-11-15)24(27,39-22)12-37-19(35)14-8-4-2-5-9-14/h2-11,13,21-22H,12H2,1H3,(H3,29,30,32,33)/t21-,22-,24-,25-/m1/s1. The number of carbonyl (C=O) groups is 2. The van der Waals surface area contributed by atoms with Crippen LogP contribution in [0.25, 0.3) is 11.2 Å². The zero-order valence-corrected chi connectivity index (χ0v) is 21.0. The lowest BCUT2D eigenvalue weighted by molar-refractivity contribution is -0.207. The van der Waals surface area contributed by atoms with Gasteiger partial charge < -0.3 is 25.3 Å². The van der Waals surface area contributed by atoms with Gasteiger partial charge in [-0.2, -0.15) is 9.97 Å². The number of esters is 2. The second-order valence-electron chi connectivity index (χ2n) is 8.53. The van der Waals surface area contributed by atoms with E-state index in [9.17, 15) is 9.59 Å². The van der Waals surface area contributed by atoms with Crippen LogP contribution in [0.4, 0.5) is 20.5 Å². The van der Waals surface area contributed by atoms with Gasteiger partial charge >= 0.3 is 11.9 Å². The van der Waals surface area contributed by atoms with Gasteiger partial charge in [0.2, 0.25) is 12.1 Å². The molecule has 39 heavy (non-hydrogen) atoms. The van der Waals surface area contributed by atoms with Crippen molar-refractivity contribution < 1.29 is 32.6 Å². The molecule has 1 saturated heterocycles. The molecular formula is C25H21ClF2N6O5. The molecule has 1 aliphatic heterocycles. The molecule has 202 valence electrons. The fraction of sp³-hybridized carbons (Fsp3) is 0.240. The van der Waals surface area contributed by atoms with Crippen LogP contribution in [0.2, 0.25) is 0 Å². The maximum absolute atomic E-state index is 16.5. The van der Waals surface area contributed by atoms with E-state index in [4.69, 9.17) is 31.5 Å². The highest BCUT2D eigenvalue weighted by Crippen LogP contribution is 2.52. The summed E-state index contributed by atoms with van der Waals surface area (Å²) in [5, 5.41) is -0.453. The average Bonchev–Trinajstić information content (AvgIpc) is 3.44. The Labute approximate surface area is 224 Å². The van der Waals surface area contributed by atoms with Gasteiger partial charge in [-0.3, -0.25) is 4.57 Å². The number of alkyl halides is 3. The molecule has 0 bridgehead atoms. The number of imidazole rings is 1. The van der Waals surface area contributed by atoms with Gasteiger partial charge in [0, 0.05) is 7.05 Å². The van der Waals surface area contributed by atoms with E-state index in [0.717, 1.165) is 10.9 Å². The van der Waals surface area contributed by atoms with Gasteiger partial charge in [0.1, 0.15) is 0 Å². The number of nitrogen functional groups attached to an aromatic ring is 1. The third-order valence-electron chi connectivity index (χ3n) is 5.95. The third-order valence-corrected chi connectivity index (χ3v) is 6.33. The number of ether oxygens (including phenoxy) is 3. The van der Waals surface area contributed by atoms with Crippen molar-refractivity contribution in [2.75, 3.05) is 24.7 Å². The first-order valence-corrected chi connectivity index (χ1v) is 11.9. The van der Waals surface area contributed by atoms with Crippen molar-refractivity contribution in [3.63, 3.8) is 0 Å². The Bertz CT molecular complexity index is 1520. The molecule has 1 aliphatic rings. The van der Waals surface area contributed by atoms with E-state index < -0.39 is 41.9 Å². The molecular weight excluding hydrogens is 538 g/mol. The minimum atomic E-state index is -3.23. The first-order chi connectivity index (χ1) is 18.6. The first-order valence-electron chi connectivity index (χ1n) is 11.5. The first kappa shape index (κ1) is 26.3. The molecule has 3 heterocycles. The van der Waals surface area contributed by atoms with Crippen LogP contribution in [-0.4, -0.2) is 62.2 Å². The highest BCUT2D eigenvalue weighted by Gasteiger charge is 2.70. The molecule has 1 fully saturated rings. The van der Waals surface area contributed by atoms with E-state index in [1.807, 2.05) is 0 Å².